The van der Waals surface area contributed by atoms with Crippen molar-refractivity contribution < 1.29 is 17.9 Å². The van der Waals surface area contributed by atoms with Crippen LogP contribution in [-0.2, 0) is 14.6 Å². The largest absolute Gasteiger partial charge is 0.495 e. The number of para-hydroxylation sites is 2. The Morgan fingerprint density at radius 2 is 2.13 bits per heavy atom. The van der Waals surface area contributed by atoms with Crippen molar-refractivity contribution in [2.45, 2.75) is 32.4 Å². The van der Waals surface area contributed by atoms with Crippen LogP contribution in [0.5, 0.6) is 5.75 Å². The number of rotatable bonds is 6. The predicted octanol–water partition coefficient (Wildman–Crippen LogP) is 1.53. The molecule has 0 radical (unpaired) electrons. The molecule has 1 aliphatic rings. The number of carbonyl (C=O) groups is 1. The van der Waals surface area contributed by atoms with Crippen molar-refractivity contribution in [2.75, 3.05) is 30.5 Å². The highest BCUT2D eigenvalue weighted by Crippen LogP contribution is 2.25. The van der Waals surface area contributed by atoms with E-state index >= 15 is 0 Å². The molecule has 1 fully saturated rings. The summed E-state index contributed by atoms with van der Waals surface area (Å²) in [5.41, 5.74) is 0.742. The van der Waals surface area contributed by atoms with Gasteiger partial charge in [0.25, 0.3) is 0 Å². The maximum absolute atomic E-state index is 12.7. The zero-order chi connectivity index (χ0) is 17.0. The molecule has 0 bridgehead atoms. The second-order valence-electron chi connectivity index (χ2n) is 5.75. The van der Waals surface area contributed by atoms with E-state index in [9.17, 15) is 13.2 Å². The van der Waals surface area contributed by atoms with Gasteiger partial charge in [-0.25, -0.2) is 8.42 Å². The van der Waals surface area contributed by atoms with E-state index in [2.05, 4.69) is 5.32 Å². The van der Waals surface area contributed by atoms with Crippen LogP contribution in [-0.4, -0.2) is 56.5 Å². The van der Waals surface area contributed by atoms with E-state index < -0.39 is 15.9 Å². The normalized spacial score (nSPS) is 20.7. The Balaban J connectivity index is 2.08. The smallest absolute Gasteiger partial charge is 0.245 e. The molecule has 2 rings (SSSR count). The van der Waals surface area contributed by atoms with Gasteiger partial charge in [0.2, 0.25) is 5.91 Å². The van der Waals surface area contributed by atoms with E-state index in [0.717, 1.165) is 5.69 Å². The lowest BCUT2D eigenvalue weighted by molar-refractivity contribution is -0.133. The molecule has 6 nitrogen and oxygen atoms in total. The van der Waals surface area contributed by atoms with Crippen molar-refractivity contribution in [3.8, 4) is 5.75 Å². The number of ether oxygens (including phenoxy) is 1. The third kappa shape index (κ3) is 4.16. The summed E-state index contributed by atoms with van der Waals surface area (Å²) in [4.78, 5) is 14.4. The SMILES string of the molecule is CCN(C(=O)C(C)Nc1ccccc1OC)C1CCS(=O)(=O)C1. The van der Waals surface area contributed by atoms with Gasteiger partial charge in [-0.2, -0.15) is 0 Å². The lowest BCUT2D eigenvalue weighted by Crippen LogP contribution is -2.47. The topological polar surface area (TPSA) is 75.7 Å². The van der Waals surface area contributed by atoms with Gasteiger partial charge in [0, 0.05) is 12.6 Å². The molecule has 1 N–H and O–H groups in total. The highest BCUT2D eigenvalue weighted by Gasteiger charge is 2.35. The van der Waals surface area contributed by atoms with Crippen molar-refractivity contribution in [3.63, 3.8) is 0 Å². The molecule has 128 valence electrons. The Morgan fingerprint density at radius 3 is 2.70 bits per heavy atom. The predicted molar refractivity (Wildman–Crippen MR) is 90.5 cm³/mol. The molecule has 1 aromatic rings. The molecule has 23 heavy (non-hydrogen) atoms. The maximum atomic E-state index is 12.7. The lowest BCUT2D eigenvalue weighted by atomic mass is 10.1. The molecule has 0 spiro atoms. The van der Waals surface area contributed by atoms with Crippen molar-refractivity contribution in [2.24, 2.45) is 0 Å². The number of anilines is 1. The number of nitrogens with zero attached hydrogens (tertiary/aromatic N) is 1. The average molecular weight is 340 g/mol. The van der Waals surface area contributed by atoms with Gasteiger partial charge in [0.15, 0.2) is 9.84 Å². The Morgan fingerprint density at radius 1 is 1.43 bits per heavy atom. The van der Waals surface area contributed by atoms with Gasteiger partial charge in [-0.15, -0.1) is 0 Å². The van der Waals surface area contributed by atoms with Crippen molar-refractivity contribution in [1.29, 1.82) is 0 Å². The van der Waals surface area contributed by atoms with E-state index in [1.807, 2.05) is 31.2 Å². The zero-order valence-corrected chi connectivity index (χ0v) is 14.6. The number of hydrogen-bond acceptors (Lipinski definition) is 5. The van der Waals surface area contributed by atoms with Crippen LogP contribution in [0.3, 0.4) is 0 Å². The fraction of sp³-hybridized carbons (Fsp3) is 0.562. The van der Waals surface area contributed by atoms with E-state index in [4.69, 9.17) is 4.74 Å². The Kier molecular flexibility index (Phi) is 5.51. The summed E-state index contributed by atoms with van der Waals surface area (Å²) in [7, 11) is -1.44. The molecular weight excluding hydrogens is 316 g/mol. The van der Waals surface area contributed by atoms with Gasteiger partial charge >= 0.3 is 0 Å². The highest BCUT2D eigenvalue weighted by atomic mass is 32.2. The number of hydrogen-bond donors (Lipinski definition) is 1. The van der Waals surface area contributed by atoms with Crippen LogP contribution in [0.15, 0.2) is 24.3 Å². The van der Waals surface area contributed by atoms with E-state index in [0.29, 0.717) is 18.7 Å². The van der Waals surface area contributed by atoms with Crippen LogP contribution in [0.4, 0.5) is 5.69 Å². The molecule has 2 unspecified atom stereocenters. The molecule has 1 amide bonds. The third-order valence-corrected chi connectivity index (χ3v) is 5.87. The minimum absolute atomic E-state index is 0.0635. The van der Waals surface area contributed by atoms with Gasteiger partial charge in [-0.3, -0.25) is 4.79 Å². The summed E-state index contributed by atoms with van der Waals surface area (Å²) in [6, 6.07) is 6.70. The quantitative estimate of drug-likeness (QED) is 0.850. The van der Waals surface area contributed by atoms with Gasteiger partial charge in [-0.1, -0.05) is 12.1 Å². The molecule has 7 heteroatoms. The third-order valence-electron chi connectivity index (χ3n) is 4.12. The Bertz CT molecular complexity index is 660. The van der Waals surface area contributed by atoms with Gasteiger partial charge in [0.1, 0.15) is 11.8 Å². The standard InChI is InChI=1S/C16H24N2O4S/c1-4-18(13-9-10-23(20,21)11-13)16(19)12(2)17-14-7-5-6-8-15(14)22-3/h5-8,12-13,17H,4,9-11H2,1-3H3. The molecule has 0 aromatic heterocycles. The maximum Gasteiger partial charge on any atom is 0.245 e. The van der Waals surface area contributed by atoms with E-state index in [1.54, 1.807) is 18.9 Å². The molecule has 0 aliphatic carbocycles. The Hall–Kier alpha value is -1.76. The fourth-order valence-electron chi connectivity index (χ4n) is 2.92. The zero-order valence-electron chi connectivity index (χ0n) is 13.8. The summed E-state index contributed by atoms with van der Waals surface area (Å²) in [5.74, 6) is 0.795. The number of carbonyl (C=O) groups excluding carboxylic acids is 1. The number of likely N-dealkylation sites (N-methyl/N-ethyl adjacent to an activating group) is 1. The fourth-order valence-corrected chi connectivity index (χ4v) is 4.65. The minimum atomic E-state index is -3.01. The number of amides is 1. The molecule has 2 atom stereocenters. The van der Waals surface area contributed by atoms with E-state index in [-0.39, 0.29) is 23.5 Å². The van der Waals surface area contributed by atoms with Crippen LogP contribution in [0.2, 0.25) is 0 Å². The molecule has 1 saturated heterocycles. The first-order chi connectivity index (χ1) is 10.9. The van der Waals surface area contributed by atoms with Crippen LogP contribution < -0.4 is 10.1 Å². The van der Waals surface area contributed by atoms with Crippen LogP contribution in [0, 0.1) is 0 Å². The molecule has 1 aliphatic heterocycles. The first-order valence-corrected chi connectivity index (χ1v) is 9.60. The summed E-state index contributed by atoms with van der Waals surface area (Å²) in [5, 5.41) is 3.15. The highest BCUT2D eigenvalue weighted by molar-refractivity contribution is 7.91. The minimum Gasteiger partial charge on any atom is -0.495 e. The number of methoxy groups -OCH3 is 1. The van der Waals surface area contributed by atoms with Crippen LogP contribution in [0.1, 0.15) is 20.3 Å². The molecule has 1 heterocycles. The summed E-state index contributed by atoms with van der Waals surface area (Å²) >= 11 is 0. The van der Waals surface area contributed by atoms with E-state index in [1.165, 1.54) is 0 Å². The first-order valence-electron chi connectivity index (χ1n) is 7.78. The summed E-state index contributed by atoms with van der Waals surface area (Å²) in [6.45, 7) is 4.15. The average Bonchev–Trinajstić information content (AvgIpc) is 2.88. The van der Waals surface area contributed by atoms with Crippen molar-refractivity contribution in [1.82, 2.24) is 4.90 Å². The van der Waals surface area contributed by atoms with Crippen molar-refractivity contribution in [3.05, 3.63) is 24.3 Å². The lowest BCUT2D eigenvalue weighted by Gasteiger charge is -2.30. The first kappa shape index (κ1) is 17.6. The second kappa shape index (κ2) is 7.21. The number of nitrogens with one attached hydrogen (secondary N) is 1. The Labute approximate surface area is 137 Å². The monoisotopic (exact) mass is 340 g/mol. The summed E-state index contributed by atoms with van der Waals surface area (Å²) in [6.07, 6.45) is 0.517. The van der Waals surface area contributed by atoms with Crippen LogP contribution in [0.25, 0.3) is 0 Å². The van der Waals surface area contributed by atoms with Gasteiger partial charge < -0.3 is 15.0 Å². The van der Waals surface area contributed by atoms with Crippen molar-refractivity contribution >= 4 is 21.4 Å². The second-order valence-corrected chi connectivity index (χ2v) is 7.98. The van der Waals surface area contributed by atoms with Gasteiger partial charge in [-0.05, 0) is 32.4 Å². The molecule has 0 saturated carbocycles. The molecule has 1 aromatic carbocycles. The number of benzene rings is 1. The number of sulfone groups is 1. The molecular formula is C16H24N2O4S. The van der Waals surface area contributed by atoms with Gasteiger partial charge in [0.05, 0.1) is 24.3 Å². The van der Waals surface area contributed by atoms with Crippen LogP contribution >= 0.6 is 0 Å². The summed E-state index contributed by atoms with van der Waals surface area (Å²) < 4.78 is 28.6.